The lowest BCUT2D eigenvalue weighted by Crippen LogP contribution is -1.91. The number of benzene rings is 2. The van der Waals surface area contributed by atoms with E-state index in [1.165, 1.54) is 113 Å². The second-order valence-electron chi connectivity index (χ2n) is 9.08. The van der Waals surface area contributed by atoms with Crippen molar-refractivity contribution >= 4 is 5.69 Å². The van der Waals surface area contributed by atoms with Gasteiger partial charge in [-0.25, -0.2) is 0 Å². The summed E-state index contributed by atoms with van der Waals surface area (Å²) in [6.45, 7) is 2.29. The highest BCUT2D eigenvalue weighted by Gasteiger charge is 1.99. The van der Waals surface area contributed by atoms with Gasteiger partial charge in [0.1, 0.15) is 0 Å². The molecule has 0 unspecified atom stereocenters. The summed E-state index contributed by atoms with van der Waals surface area (Å²) in [5.41, 5.74) is 10.8. The SMILES string of the molecule is CCCCCCCCCCCCCCCCc1ccc(Cc2ccc(N)cc2)cc1. The second kappa shape index (κ2) is 16.0. The van der Waals surface area contributed by atoms with E-state index in [0.717, 1.165) is 12.1 Å². The Balaban J connectivity index is 1.43. The molecule has 0 aromatic heterocycles. The van der Waals surface area contributed by atoms with Crippen molar-refractivity contribution in [3.05, 3.63) is 65.2 Å². The van der Waals surface area contributed by atoms with Gasteiger partial charge < -0.3 is 5.73 Å². The molecule has 0 fully saturated rings. The fourth-order valence-electron chi connectivity index (χ4n) is 4.22. The Morgan fingerprint density at radius 3 is 1.30 bits per heavy atom. The fourth-order valence-corrected chi connectivity index (χ4v) is 4.22. The van der Waals surface area contributed by atoms with Crippen molar-refractivity contribution in [2.75, 3.05) is 5.73 Å². The Morgan fingerprint density at radius 2 is 0.833 bits per heavy atom. The van der Waals surface area contributed by atoms with Crippen LogP contribution in [-0.4, -0.2) is 0 Å². The van der Waals surface area contributed by atoms with Gasteiger partial charge in [-0.15, -0.1) is 0 Å². The molecule has 0 amide bonds. The molecule has 0 saturated carbocycles. The Labute approximate surface area is 186 Å². The minimum absolute atomic E-state index is 0.835. The summed E-state index contributed by atoms with van der Waals surface area (Å²) >= 11 is 0. The monoisotopic (exact) mass is 407 g/mol. The first-order valence-corrected chi connectivity index (χ1v) is 12.7. The van der Waals surface area contributed by atoms with Crippen LogP contribution in [-0.2, 0) is 12.8 Å². The molecule has 0 atom stereocenters. The summed E-state index contributed by atoms with van der Waals surface area (Å²) < 4.78 is 0. The van der Waals surface area contributed by atoms with Crippen LogP contribution in [0.15, 0.2) is 48.5 Å². The molecular formula is C29H45N. The van der Waals surface area contributed by atoms with E-state index >= 15 is 0 Å². The third-order valence-electron chi connectivity index (χ3n) is 6.23. The van der Waals surface area contributed by atoms with Crippen LogP contribution >= 0.6 is 0 Å². The zero-order chi connectivity index (χ0) is 21.3. The van der Waals surface area contributed by atoms with E-state index in [1.807, 2.05) is 12.1 Å². The van der Waals surface area contributed by atoms with Crippen LogP contribution in [0.1, 0.15) is 114 Å². The minimum Gasteiger partial charge on any atom is -0.399 e. The summed E-state index contributed by atoms with van der Waals surface area (Å²) in [6, 6.07) is 17.4. The van der Waals surface area contributed by atoms with Crippen molar-refractivity contribution in [1.82, 2.24) is 0 Å². The summed E-state index contributed by atoms with van der Waals surface area (Å²) in [7, 11) is 0. The highest BCUT2D eigenvalue weighted by Crippen LogP contribution is 2.16. The molecule has 0 bridgehead atoms. The Kier molecular flexibility index (Phi) is 13.1. The van der Waals surface area contributed by atoms with Crippen molar-refractivity contribution < 1.29 is 0 Å². The number of hydrogen-bond acceptors (Lipinski definition) is 1. The number of nitrogen functional groups attached to an aromatic ring is 1. The number of rotatable bonds is 17. The van der Waals surface area contributed by atoms with Crippen molar-refractivity contribution in [2.24, 2.45) is 0 Å². The number of hydrogen-bond donors (Lipinski definition) is 1. The van der Waals surface area contributed by atoms with Crippen LogP contribution in [0.4, 0.5) is 5.69 Å². The standard InChI is InChI=1S/C29H45N/c1-2-3-4-5-6-7-8-9-10-11-12-13-14-15-16-26-17-19-27(20-18-26)25-28-21-23-29(30)24-22-28/h17-24H,2-16,25,30H2,1H3. The van der Waals surface area contributed by atoms with E-state index in [9.17, 15) is 0 Å². The average Bonchev–Trinajstić information content (AvgIpc) is 2.77. The molecule has 1 nitrogen and oxygen atoms in total. The molecule has 2 aromatic rings. The first-order valence-electron chi connectivity index (χ1n) is 12.7. The zero-order valence-corrected chi connectivity index (χ0v) is 19.5. The molecule has 0 aliphatic heterocycles. The minimum atomic E-state index is 0.835. The molecule has 0 radical (unpaired) electrons. The van der Waals surface area contributed by atoms with Crippen molar-refractivity contribution in [2.45, 2.75) is 110 Å². The molecule has 1 heteroatoms. The maximum Gasteiger partial charge on any atom is 0.0314 e. The molecule has 0 aliphatic carbocycles. The molecule has 0 spiro atoms. The van der Waals surface area contributed by atoms with Crippen molar-refractivity contribution in [3.63, 3.8) is 0 Å². The quantitative estimate of drug-likeness (QED) is 0.205. The third-order valence-corrected chi connectivity index (χ3v) is 6.23. The first kappa shape index (κ1) is 24.5. The molecule has 0 heterocycles. The Hall–Kier alpha value is -1.76. The fraction of sp³-hybridized carbons (Fsp3) is 0.586. The maximum atomic E-state index is 5.77. The van der Waals surface area contributed by atoms with Crippen LogP contribution in [0.5, 0.6) is 0 Å². The highest BCUT2D eigenvalue weighted by atomic mass is 14.5. The molecule has 30 heavy (non-hydrogen) atoms. The summed E-state index contributed by atoms with van der Waals surface area (Å²) in [4.78, 5) is 0. The summed E-state index contributed by atoms with van der Waals surface area (Å²) in [6.07, 6.45) is 22.2. The summed E-state index contributed by atoms with van der Waals surface area (Å²) in [5.74, 6) is 0. The molecular weight excluding hydrogens is 362 g/mol. The average molecular weight is 408 g/mol. The predicted molar refractivity (Wildman–Crippen MR) is 134 cm³/mol. The van der Waals surface area contributed by atoms with E-state index in [0.29, 0.717) is 0 Å². The predicted octanol–water partition coefficient (Wildman–Crippen LogP) is 8.88. The van der Waals surface area contributed by atoms with E-state index < -0.39 is 0 Å². The van der Waals surface area contributed by atoms with Gasteiger partial charge in [-0.1, -0.05) is 127 Å². The lowest BCUT2D eigenvalue weighted by atomic mass is 10.0. The van der Waals surface area contributed by atoms with Gasteiger partial charge in [-0.3, -0.25) is 0 Å². The highest BCUT2D eigenvalue weighted by molar-refractivity contribution is 5.40. The summed E-state index contributed by atoms with van der Waals surface area (Å²) in [5, 5.41) is 0. The van der Waals surface area contributed by atoms with Gasteiger partial charge >= 0.3 is 0 Å². The van der Waals surface area contributed by atoms with Gasteiger partial charge in [0.2, 0.25) is 0 Å². The normalized spacial score (nSPS) is 11.1. The van der Waals surface area contributed by atoms with Crippen LogP contribution < -0.4 is 5.73 Å². The Morgan fingerprint density at radius 1 is 0.467 bits per heavy atom. The van der Waals surface area contributed by atoms with Crippen LogP contribution in [0.2, 0.25) is 0 Å². The lowest BCUT2D eigenvalue weighted by molar-refractivity contribution is 0.535. The smallest absolute Gasteiger partial charge is 0.0314 e. The lowest BCUT2D eigenvalue weighted by Gasteiger charge is -2.06. The van der Waals surface area contributed by atoms with Gasteiger partial charge in [-0.05, 0) is 48.1 Å². The number of nitrogens with two attached hydrogens (primary N) is 1. The van der Waals surface area contributed by atoms with Gasteiger partial charge in [0, 0.05) is 5.69 Å². The molecule has 166 valence electrons. The van der Waals surface area contributed by atoms with Crippen molar-refractivity contribution in [3.8, 4) is 0 Å². The molecule has 0 saturated heterocycles. The topological polar surface area (TPSA) is 26.0 Å². The number of anilines is 1. The van der Waals surface area contributed by atoms with Gasteiger partial charge in [0.25, 0.3) is 0 Å². The van der Waals surface area contributed by atoms with Crippen LogP contribution in [0, 0.1) is 0 Å². The maximum absolute atomic E-state index is 5.77. The Bertz CT molecular complexity index is 641. The van der Waals surface area contributed by atoms with Gasteiger partial charge in [-0.2, -0.15) is 0 Å². The van der Waals surface area contributed by atoms with E-state index in [4.69, 9.17) is 5.73 Å². The van der Waals surface area contributed by atoms with Crippen LogP contribution in [0.25, 0.3) is 0 Å². The number of unbranched alkanes of at least 4 members (excludes halogenated alkanes) is 13. The molecule has 2 N–H and O–H groups in total. The van der Waals surface area contributed by atoms with E-state index in [1.54, 1.807) is 0 Å². The molecule has 0 aliphatic rings. The molecule has 2 aromatic carbocycles. The van der Waals surface area contributed by atoms with E-state index in [-0.39, 0.29) is 0 Å². The zero-order valence-electron chi connectivity index (χ0n) is 19.5. The molecule has 2 rings (SSSR count). The van der Waals surface area contributed by atoms with Gasteiger partial charge in [0.05, 0.1) is 0 Å². The van der Waals surface area contributed by atoms with E-state index in [2.05, 4.69) is 43.3 Å². The van der Waals surface area contributed by atoms with Gasteiger partial charge in [0.15, 0.2) is 0 Å². The first-order chi connectivity index (χ1) is 14.8. The second-order valence-corrected chi connectivity index (χ2v) is 9.08. The largest absolute Gasteiger partial charge is 0.399 e. The van der Waals surface area contributed by atoms with Crippen molar-refractivity contribution in [1.29, 1.82) is 0 Å². The number of aryl methyl sites for hydroxylation is 1. The van der Waals surface area contributed by atoms with Crippen LogP contribution in [0.3, 0.4) is 0 Å². The third kappa shape index (κ3) is 11.4.